The highest BCUT2D eigenvalue weighted by Gasteiger charge is 2.18. The first-order chi connectivity index (χ1) is 18.7. The van der Waals surface area contributed by atoms with Crippen LogP contribution in [-0.2, 0) is 17.7 Å². The number of anilines is 1. The number of hydrogen-bond acceptors (Lipinski definition) is 9. The van der Waals surface area contributed by atoms with Gasteiger partial charge in [-0.2, -0.15) is 5.21 Å². The summed E-state index contributed by atoms with van der Waals surface area (Å²) in [6, 6.07) is 16.1. The molecule has 38 heavy (non-hydrogen) atoms. The van der Waals surface area contributed by atoms with Gasteiger partial charge in [0.1, 0.15) is 11.6 Å². The van der Waals surface area contributed by atoms with E-state index < -0.39 is 0 Å². The molecule has 0 saturated carbocycles. The van der Waals surface area contributed by atoms with E-state index in [4.69, 9.17) is 9.72 Å². The van der Waals surface area contributed by atoms with Crippen LogP contribution in [0.25, 0.3) is 33.7 Å². The van der Waals surface area contributed by atoms with E-state index in [1.165, 1.54) is 0 Å². The minimum Gasteiger partial charge on any atom is -0.378 e. The number of morpholine rings is 1. The van der Waals surface area contributed by atoms with E-state index in [-0.39, 0.29) is 5.56 Å². The smallest absolute Gasteiger partial charge is 0.282 e. The number of nitrogens with one attached hydrogen (secondary N) is 1. The molecule has 0 amide bonds. The molecule has 5 aromatic rings. The van der Waals surface area contributed by atoms with Crippen molar-refractivity contribution < 1.29 is 4.74 Å². The number of rotatable bonds is 7. The molecule has 0 atom stereocenters. The number of tetrazole rings is 1. The fraction of sp³-hybridized carbons (Fsp3) is 0.296. The Bertz CT molecular complexity index is 1610. The van der Waals surface area contributed by atoms with Gasteiger partial charge in [-0.1, -0.05) is 55.5 Å². The number of ether oxygens (including phenoxy) is 1. The van der Waals surface area contributed by atoms with Crippen LogP contribution in [-0.4, -0.2) is 66.4 Å². The molecule has 0 bridgehead atoms. The highest BCUT2D eigenvalue weighted by atomic mass is 16.5. The SMILES string of the molecule is CCCc1nc2ncc(N3CCOCC3)nc2c(=O)n1Cc1ccc(-c2ccccc2-c2nn[nH]n2)cc1. The summed E-state index contributed by atoms with van der Waals surface area (Å²) in [6.45, 7) is 5.17. The Labute approximate surface area is 218 Å². The quantitative estimate of drug-likeness (QED) is 0.352. The molecule has 1 N–H and O–H groups in total. The van der Waals surface area contributed by atoms with E-state index in [0.29, 0.717) is 54.8 Å². The molecule has 11 heteroatoms. The first kappa shape index (κ1) is 23.9. The maximum atomic E-state index is 13.7. The number of benzene rings is 2. The molecule has 1 aliphatic rings. The molecule has 11 nitrogen and oxygen atoms in total. The van der Waals surface area contributed by atoms with Crippen LogP contribution >= 0.6 is 0 Å². The average Bonchev–Trinajstić information content (AvgIpc) is 3.51. The van der Waals surface area contributed by atoms with Gasteiger partial charge in [-0.25, -0.2) is 15.0 Å². The Hall–Kier alpha value is -4.51. The number of H-pyrrole nitrogens is 1. The van der Waals surface area contributed by atoms with Crippen LogP contribution in [0.2, 0.25) is 0 Å². The predicted molar refractivity (Wildman–Crippen MR) is 143 cm³/mol. The highest BCUT2D eigenvalue weighted by Crippen LogP contribution is 2.29. The van der Waals surface area contributed by atoms with Crippen LogP contribution in [0.3, 0.4) is 0 Å². The summed E-state index contributed by atoms with van der Waals surface area (Å²) >= 11 is 0. The highest BCUT2D eigenvalue weighted by molar-refractivity contribution is 5.80. The molecule has 1 fully saturated rings. The van der Waals surface area contributed by atoms with Crippen LogP contribution in [0, 0.1) is 0 Å². The molecule has 0 spiro atoms. The fourth-order valence-electron chi connectivity index (χ4n) is 4.73. The Morgan fingerprint density at radius 1 is 1.00 bits per heavy atom. The van der Waals surface area contributed by atoms with Gasteiger partial charge in [0.2, 0.25) is 5.82 Å². The molecule has 2 aromatic carbocycles. The van der Waals surface area contributed by atoms with Crippen molar-refractivity contribution in [2.24, 2.45) is 0 Å². The van der Waals surface area contributed by atoms with Gasteiger partial charge in [-0.3, -0.25) is 9.36 Å². The molecular weight excluding hydrogens is 482 g/mol. The third-order valence-electron chi connectivity index (χ3n) is 6.66. The van der Waals surface area contributed by atoms with Crippen LogP contribution in [0.4, 0.5) is 5.82 Å². The number of fused-ring (bicyclic) bond motifs is 1. The summed E-state index contributed by atoms with van der Waals surface area (Å²) < 4.78 is 7.17. The summed E-state index contributed by atoms with van der Waals surface area (Å²) in [5.74, 6) is 1.93. The molecule has 192 valence electrons. The second kappa shape index (κ2) is 10.5. The molecular formula is C27H27N9O2. The van der Waals surface area contributed by atoms with Gasteiger partial charge >= 0.3 is 0 Å². The average molecular weight is 510 g/mol. The zero-order valence-electron chi connectivity index (χ0n) is 21.0. The Balaban J connectivity index is 1.34. The van der Waals surface area contributed by atoms with Gasteiger partial charge < -0.3 is 9.64 Å². The first-order valence-electron chi connectivity index (χ1n) is 12.7. The van der Waals surface area contributed by atoms with Crippen molar-refractivity contribution >= 4 is 17.0 Å². The van der Waals surface area contributed by atoms with Crippen molar-refractivity contribution in [3.63, 3.8) is 0 Å². The molecule has 0 unspecified atom stereocenters. The molecule has 1 saturated heterocycles. The van der Waals surface area contributed by atoms with Crippen LogP contribution < -0.4 is 10.5 Å². The van der Waals surface area contributed by atoms with Crippen molar-refractivity contribution in [3.05, 3.63) is 76.5 Å². The second-order valence-electron chi connectivity index (χ2n) is 9.15. The third-order valence-corrected chi connectivity index (χ3v) is 6.66. The van der Waals surface area contributed by atoms with E-state index in [1.54, 1.807) is 10.8 Å². The molecule has 3 aromatic heterocycles. The minimum atomic E-state index is -0.174. The molecule has 0 radical (unpaired) electrons. The summed E-state index contributed by atoms with van der Waals surface area (Å²) in [7, 11) is 0. The monoisotopic (exact) mass is 509 g/mol. The lowest BCUT2D eigenvalue weighted by Crippen LogP contribution is -2.37. The largest absolute Gasteiger partial charge is 0.378 e. The van der Waals surface area contributed by atoms with Crippen molar-refractivity contribution in [3.8, 4) is 22.5 Å². The Morgan fingerprint density at radius 3 is 2.53 bits per heavy atom. The maximum absolute atomic E-state index is 13.7. The minimum absolute atomic E-state index is 0.174. The maximum Gasteiger partial charge on any atom is 0.282 e. The molecule has 0 aliphatic carbocycles. The van der Waals surface area contributed by atoms with Crippen molar-refractivity contribution in [1.82, 2.24) is 40.1 Å². The number of aryl methyl sites for hydroxylation is 1. The lowest BCUT2D eigenvalue weighted by molar-refractivity contribution is 0.122. The summed E-state index contributed by atoms with van der Waals surface area (Å²) in [6.07, 6.45) is 3.24. The fourth-order valence-corrected chi connectivity index (χ4v) is 4.73. The standard InChI is InChI=1S/C27H27N9O2/c1-2-5-22-30-26-24(29-23(16-28-26)35-12-14-38-15-13-35)27(37)36(22)17-18-8-10-19(11-9-18)20-6-3-4-7-21(20)25-31-33-34-32-25/h3-4,6-11,16H,2,5,12-15,17H2,1H3,(H,31,32,33,34). The van der Waals surface area contributed by atoms with Gasteiger partial charge in [0.25, 0.3) is 5.56 Å². The zero-order valence-corrected chi connectivity index (χ0v) is 21.0. The van der Waals surface area contributed by atoms with Gasteiger partial charge in [-0.15, -0.1) is 10.2 Å². The van der Waals surface area contributed by atoms with Crippen LogP contribution in [0.5, 0.6) is 0 Å². The van der Waals surface area contributed by atoms with Crippen LogP contribution in [0.15, 0.2) is 59.5 Å². The van der Waals surface area contributed by atoms with Gasteiger partial charge in [0.15, 0.2) is 11.2 Å². The lowest BCUT2D eigenvalue weighted by Gasteiger charge is -2.27. The van der Waals surface area contributed by atoms with E-state index in [1.807, 2.05) is 48.5 Å². The van der Waals surface area contributed by atoms with Crippen molar-refractivity contribution in [2.75, 3.05) is 31.2 Å². The number of hydrogen-bond donors (Lipinski definition) is 1. The summed E-state index contributed by atoms with van der Waals surface area (Å²) in [5, 5.41) is 14.5. The summed E-state index contributed by atoms with van der Waals surface area (Å²) in [4.78, 5) is 29.7. The topological polar surface area (TPSA) is 128 Å². The van der Waals surface area contributed by atoms with Gasteiger partial charge in [-0.05, 0) is 28.3 Å². The van der Waals surface area contributed by atoms with Crippen molar-refractivity contribution in [2.45, 2.75) is 26.3 Å². The number of nitrogens with zero attached hydrogens (tertiary/aromatic N) is 8. The number of aromatic nitrogens is 8. The molecule has 1 aliphatic heterocycles. The lowest BCUT2D eigenvalue weighted by atomic mass is 9.98. The third kappa shape index (κ3) is 4.63. The molecule has 6 rings (SSSR count). The summed E-state index contributed by atoms with van der Waals surface area (Å²) in [5.41, 5.74) is 4.41. The predicted octanol–water partition coefficient (Wildman–Crippen LogP) is 2.87. The van der Waals surface area contributed by atoms with Gasteiger partial charge in [0, 0.05) is 25.1 Å². The Morgan fingerprint density at radius 2 is 1.79 bits per heavy atom. The van der Waals surface area contributed by atoms with Gasteiger partial charge in [0.05, 0.1) is 26.0 Å². The van der Waals surface area contributed by atoms with E-state index in [2.05, 4.69) is 42.4 Å². The van der Waals surface area contributed by atoms with Crippen molar-refractivity contribution in [1.29, 1.82) is 0 Å². The number of aromatic amines is 1. The second-order valence-corrected chi connectivity index (χ2v) is 9.15. The Kier molecular flexibility index (Phi) is 6.57. The zero-order chi connectivity index (χ0) is 25.9. The van der Waals surface area contributed by atoms with E-state index >= 15 is 0 Å². The van der Waals surface area contributed by atoms with E-state index in [0.717, 1.165) is 41.8 Å². The van der Waals surface area contributed by atoms with E-state index in [9.17, 15) is 4.79 Å². The normalized spacial score (nSPS) is 13.8. The molecule has 4 heterocycles. The first-order valence-corrected chi connectivity index (χ1v) is 12.7. The van der Waals surface area contributed by atoms with Crippen LogP contribution in [0.1, 0.15) is 24.7 Å².